The van der Waals surface area contributed by atoms with E-state index in [4.69, 9.17) is 14.3 Å². The van der Waals surface area contributed by atoms with Crippen LogP contribution in [0.4, 0.5) is 13.2 Å². The number of rotatable bonds is 13. The second-order valence-corrected chi connectivity index (χ2v) is 8.57. The van der Waals surface area contributed by atoms with Gasteiger partial charge in [-0.15, -0.1) is 18.3 Å². The van der Waals surface area contributed by atoms with Gasteiger partial charge < -0.3 is 20.4 Å². The Morgan fingerprint density at radius 2 is 1.70 bits per heavy atom. The summed E-state index contributed by atoms with van der Waals surface area (Å²) in [6.07, 6.45) is 5.17. The normalized spacial score (nSPS) is 11.4. The van der Waals surface area contributed by atoms with Crippen molar-refractivity contribution < 1.29 is 67.9 Å². The van der Waals surface area contributed by atoms with Crippen molar-refractivity contribution in [2.45, 2.75) is 45.2 Å². The summed E-state index contributed by atoms with van der Waals surface area (Å²) in [5.74, 6) is -0.217. The number of halogens is 3. The number of benzene rings is 2. The van der Waals surface area contributed by atoms with Gasteiger partial charge >= 0.3 is 41.9 Å². The number of aromatic nitrogens is 4. The van der Waals surface area contributed by atoms with Gasteiger partial charge in [-0.2, -0.15) is 0 Å². The topological polar surface area (TPSA) is 112 Å². The Labute approximate surface area is 251 Å². The minimum atomic E-state index is -4.73. The van der Waals surface area contributed by atoms with Gasteiger partial charge in [-0.25, -0.2) is 9.67 Å². The number of aryl methyl sites for hydroxylation is 2. The van der Waals surface area contributed by atoms with E-state index in [1.807, 2.05) is 24.3 Å². The minimum absolute atomic E-state index is 0. The van der Waals surface area contributed by atoms with Gasteiger partial charge in [0.25, 0.3) is 0 Å². The van der Waals surface area contributed by atoms with Crippen LogP contribution < -0.4 is 39.0 Å². The molecule has 2 aromatic heterocycles. The Hall–Kier alpha value is -3.61. The van der Waals surface area contributed by atoms with E-state index in [2.05, 4.69) is 20.0 Å². The molecule has 2 heterocycles. The molecule has 0 saturated carbocycles. The van der Waals surface area contributed by atoms with E-state index in [1.165, 1.54) is 40.8 Å². The van der Waals surface area contributed by atoms with Gasteiger partial charge in [0.05, 0.1) is 5.69 Å². The number of ether oxygens (including phenoxy) is 2. The fourth-order valence-corrected chi connectivity index (χ4v) is 3.63. The second kappa shape index (κ2) is 14.7. The predicted molar refractivity (Wildman–Crippen MR) is 135 cm³/mol. The maximum Gasteiger partial charge on any atom is 1.00 e. The van der Waals surface area contributed by atoms with Gasteiger partial charge in [0.2, 0.25) is 5.89 Å². The first-order valence-electron chi connectivity index (χ1n) is 12.0. The molecular weight excluding hydrogens is 540 g/mol. The Morgan fingerprint density at radius 3 is 2.40 bits per heavy atom. The van der Waals surface area contributed by atoms with E-state index in [-0.39, 0.29) is 49.9 Å². The van der Waals surface area contributed by atoms with Gasteiger partial charge in [-0.05, 0) is 67.2 Å². The number of carboxylic acid groups (broad SMARTS) is 1. The number of carbonyl (C=O) groups is 1. The average Bonchev–Trinajstić information content (AvgIpc) is 3.54. The molecular formula is C27H26F3N4NaO5. The Kier molecular flexibility index (Phi) is 11.4. The Morgan fingerprint density at radius 1 is 1.00 bits per heavy atom. The third-order valence-corrected chi connectivity index (χ3v) is 5.44. The van der Waals surface area contributed by atoms with E-state index in [0.717, 1.165) is 31.4 Å². The predicted octanol–water partition coefficient (Wildman–Crippen LogP) is 2.68. The maximum absolute atomic E-state index is 12.3. The average molecular weight is 567 g/mol. The summed E-state index contributed by atoms with van der Waals surface area (Å²) in [5.41, 5.74) is 3.20. The summed E-state index contributed by atoms with van der Waals surface area (Å²) in [4.78, 5) is 15.0. The number of nitrogens with zero attached hydrogens (tertiary/aromatic N) is 4. The van der Waals surface area contributed by atoms with Crippen LogP contribution in [-0.2, 0) is 30.8 Å². The van der Waals surface area contributed by atoms with E-state index in [0.29, 0.717) is 22.9 Å². The van der Waals surface area contributed by atoms with Crippen LogP contribution in [0.25, 0.3) is 12.2 Å². The van der Waals surface area contributed by atoms with Crippen LogP contribution in [0.3, 0.4) is 0 Å². The third kappa shape index (κ3) is 10.5. The quantitative estimate of drug-likeness (QED) is 0.194. The molecule has 1 N–H and O–H groups in total. The first kappa shape index (κ1) is 30.9. The number of aliphatic carboxylic acids is 1. The number of unbranched alkanes of at least 4 members (excludes halogenated alkanes) is 1. The molecule has 4 aromatic rings. The molecule has 0 fully saturated rings. The van der Waals surface area contributed by atoms with Gasteiger partial charge in [0.15, 0.2) is 0 Å². The third-order valence-electron chi connectivity index (χ3n) is 5.44. The summed E-state index contributed by atoms with van der Waals surface area (Å²) >= 11 is 0. The molecule has 0 aliphatic heterocycles. The van der Waals surface area contributed by atoms with Gasteiger partial charge in [-0.3, -0.25) is 4.79 Å². The number of hydrogen-bond donors (Lipinski definition) is 1. The molecule has 0 radical (unpaired) electrons. The number of alkyl halides is 3. The zero-order valence-electron chi connectivity index (χ0n) is 22.7. The van der Waals surface area contributed by atoms with Crippen LogP contribution in [-0.4, -0.2) is 37.4 Å². The summed E-state index contributed by atoms with van der Waals surface area (Å²) in [7, 11) is 0. The molecule has 0 amide bonds. The number of oxazole rings is 1. The van der Waals surface area contributed by atoms with Gasteiger partial charge in [-0.1, -0.05) is 29.5 Å². The largest absolute Gasteiger partial charge is 1.00 e. The molecule has 0 unspecified atom stereocenters. The van der Waals surface area contributed by atoms with Gasteiger partial charge in [0, 0.05) is 12.3 Å². The van der Waals surface area contributed by atoms with E-state index < -0.39 is 12.3 Å². The van der Waals surface area contributed by atoms with E-state index in [1.54, 1.807) is 18.3 Å². The van der Waals surface area contributed by atoms with Crippen molar-refractivity contribution in [3.63, 3.8) is 0 Å². The Balaban J connectivity index is 0.00000294. The molecule has 0 aliphatic rings. The molecule has 0 bridgehead atoms. The monoisotopic (exact) mass is 566 g/mol. The standard InChI is InChI=1S/C27H25F3N4O5.Na.H/c28-27(29,30)39-24-12-7-20(8-13-24)9-14-25-31-22(18-38-25)17-37-23-10-5-19(6-11-23)3-1-2-4-21-15-34(33-32-21)16-26(35)36;;/h5-15,18H,1-4,16-17H2,(H,35,36);;/q;+1;-1. The summed E-state index contributed by atoms with van der Waals surface area (Å²) in [6.45, 7) is 0.0176. The fourth-order valence-electron chi connectivity index (χ4n) is 3.63. The summed E-state index contributed by atoms with van der Waals surface area (Å²) in [5, 5.41) is 16.6. The molecule has 13 heteroatoms. The van der Waals surface area contributed by atoms with Crippen LogP contribution in [0.15, 0.2) is 65.4 Å². The SMILES string of the molecule is O=C(O)Cn1cc(CCCCc2ccc(OCc3coc(C=Cc4ccc(OC(F)(F)F)cc4)n3)cc2)nn1.[H-].[Na+]. The van der Waals surface area contributed by atoms with Crippen molar-refractivity contribution in [3.8, 4) is 11.5 Å². The molecule has 0 saturated heterocycles. The maximum atomic E-state index is 12.3. The van der Waals surface area contributed by atoms with Crippen LogP contribution in [0.5, 0.6) is 11.5 Å². The smallest absolute Gasteiger partial charge is 1.00 e. The van der Waals surface area contributed by atoms with Crippen molar-refractivity contribution in [1.29, 1.82) is 0 Å². The molecule has 40 heavy (non-hydrogen) atoms. The molecule has 0 atom stereocenters. The van der Waals surface area contributed by atoms with Crippen molar-refractivity contribution >= 4 is 18.1 Å². The molecule has 4 rings (SSSR count). The second-order valence-electron chi connectivity index (χ2n) is 8.57. The van der Waals surface area contributed by atoms with Crippen molar-refractivity contribution in [3.05, 3.63) is 89.4 Å². The minimum Gasteiger partial charge on any atom is -1.00 e. The van der Waals surface area contributed by atoms with Crippen LogP contribution in [0.2, 0.25) is 0 Å². The molecule has 2 aromatic carbocycles. The van der Waals surface area contributed by atoms with Gasteiger partial charge in [0.1, 0.15) is 36.6 Å². The van der Waals surface area contributed by atoms with Crippen LogP contribution in [0.1, 0.15) is 42.7 Å². The summed E-state index contributed by atoms with van der Waals surface area (Å²) < 4.78 is 53.1. The van der Waals surface area contributed by atoms with E-state index >= 15 is 0 Å². The first-order chi connectivity index (χ1) is 18.7. The molecule has 206 valence electrons. The first-order valence-corrected chi connectivity index (χ1v) is 12.0. The fraction of sp³-hybridized carbons (Fsp3) is 0.259. The zero-order valence-corrected chi connectivity index (χ0v) is 23.7. The van der Waals surface area contributed by atoms with Crippen molar-refractivity contribution in [2.24, 2.45) is 0 Å². The van der Waals surface area contributed by atoms with Crippen LogP contribution >= 0.6 is 0 Å². The van der Waals surface area contributed by atoms with Crippen molar-refractivity contribution in [1.82, 2.24) is 20.0 Å². The van der Waals surface area contributed by atoms with Crippen molar-refractivity contribution in [2.75, 3.05) is 0 Å². The number of hydrogen-bond acceptors (Lipinski definition) is 7. The van der Waals surface area contributed by atoms with E-state index in [9.17, 15) is 18.0 Å². The molecule has 9 nitrogen and oxygen atoms in total. The summed E-state index contributed by atoms with van der Waals surface area (Å²) in [6, 6.07) is 13.2. The zero-order chi connectivity index (χ0) is 27.7. The molecule has 0 spiro atoms. The number of carboxylic acids is 1. The Bertz CT molecular complexity index is 1390. The van der Waals surface area contributed by atoms with Crippen LogP contribution in [0, 0.1) is 0 Å². The molecule has 0 aliphatic carbocycles.